The summed E-state index contributed by atoms with van der Waals surface area (Å²) >= 11 is 1.48. The van der Waals surface area contributed by atoms with Crippen molar-refractivity contribution in [2.45, 2.75) is 65.8 Å². The molecule has 0 radical (unpaired) electrons. The first kappa shape index (κ1) is 23.7. The summed E-state index contributed by atoms with van der Waals surface area (Å²) in [5.74, 6) is 0.914. The lowest BCUT2D eigenvalue weighted by Gasteiger charge is -2.30. The highest BCUT2D eigenvalue weighted by molar-refractivity contribution is 7.17. The van der Waals surface area contributed by atoms with Crippen LogP contribution in [0.2, 0.25) is 0 Å². The predicted octanol–water partition coefficient (Wildman–Crippen LogP) is 5.63. The Bertz CT molecular complexity index is 843. The van der Waals surface area contributed by atoms with Crippen LogP contribution in [0.3, 0.4) is 0 Å². The topological polar surface area (TPSA) is 45.7 Å². The van der Waals surface area contributed by atoms with Gasteiger partial charge in [-0.1, -0.05) is 25.0 Å². The van der Waals surface area contributed by atoms with Crippen molar-refractivity contribution in [3.8, 4) is 16.3 Å². The van der Waals surface area contributed by atoms with Crippen LogP contribution in [-0.2, 0) is 0 Å². The maximum Gasteiger partial charge on any atom is 0.265 e. The molecule has 1 aromatic carbocycles. The van der Waals surface area contributed by atoms with Gasteiger partial charge in [0.05, 0.1) is 17.9 Å². The van der Waals surface area contributed by atoms with E-state index in [0.717, 1.165) is 39.9 Å². The monoisotopic (exact) mass is 443 g/mol. The molecule has 0 aliphatic carbocycles. The zero-order valence-electron chi connectivity index (χ0n) is 19.5. The molecule has 1 saturated heterocycles. The first-order valence-corrected chi connectivity index (χ1v) is 12.6. The summed E-state index contributed by atoms with van der Waals surface area (Å²) in [5, 5.41) is 0.846. The Hall–Kier alpha value is -1.92. The fourth-order valence-corrected chi connectivity index (χ4v) is 5.31. The Morgan fingerprint density at radius 1 is 1.19 bits per heavy atom. The lowest BCUT2D eigenvalue weighted by molar-refractivity contribution is 0.0749. The Kier molecular flexibility index (Phi) is 8.90. The van der Waals surface area contributed by atoms with Crippen molar-refractivity contribution in [2.75, 3.05) is 32.8 Å². The summed E-state index contributed by atoms with van der Waals surface area (Å²) in [4.78, 5) is 23.4. The average molecular weight is 444 g/mol. The number of hydrogen-bond donors (Lipinski definition) is 0. The Morgan fingerprint density at radius 3 is 2.58 bits per heavy atom. The molecule has 1 aliphatic rings. The number of para-hydroxylation sites is 1. The summed E-state index contributed by atoms with van der Waals surface area (Å²) in [7, 11) is 0. The number of ether oxygens (including phenoxy) is 1. The van der Waals surface area contributed by atoms with Crippen molar-refractivity contribution >= 4 is 17.2 Å². The number of hydrogen-bond acceptors (Lipinski definition) is 5. The number of nitrogens with zero attached hydrogens (tertiary/aromatic N) is 3. The molecule has 31 heavy (non-hydrogen) atoms. The van der Waals surface area contributed by atoms with Crippen molar-refractivity contribution in [1.29, 1.82) is 0 Å². The summed E-state index contributed by atoms with van der Waals surface area (Å²) in [6, 6.07) is 8.43. The molecule has 5 nitrogen and oxygen atoms in total. The van der Waals surface area contributed by atoms with E-state index in [4.69, 9.17) is 9.72 Å². The highest BCUT2D eigenvalue weighted by Crippen LogP contribution is 2.35. The number of amides is 1. The van der Waals surface area contributed by atoms with E-state index in [0.29, 0.717) is 19.2 Å². The summed E-state index contributed by atoms with van der Waals surface area (Å²) in [5.41, 5.74) is 1.75. The van der Waals surface area contributed by atoms with E-state index in [1.165, 1.54) is 50.1 Å². The molecule has 1 unspecified atom stereocenters. The molecule has 0 saturated carbocycles. The van der Waals surface area contributed by atoms with Gasteiger partial charge in [0.1, 0.15) is 15.6 Å². The number of thiazole rings is 1. The number of carbonyl (C=O) groups is 1. The second-order valence-electron chi connectivity index (χ2n) is 8.34. The van der Waals surface area contributed by atoms with Gasteiger partial charge in [-0.05, 0) is 72.2 Å². The Morgan fingerprint density at radius 2 is 1.90 bits per heavy atom. The largest absolute Gasteiger partial charge is 0.493 e. The molecule has 3 rings (SSSR count). The fraction of sp³-hybridized carbons (Fsp3) is 0.600. The van der Waals surface area contributed by atoms with Gasteiger partial charge in [0.25, 0.3) is 5.91 Å². The molecule has 0 bridgehead atoms. The molecular formula is C25H37N3O2S. The van der Waals surface area contributed by atoms with Gasteiger partial charge in [-0.3, -0.25) is 4.79 Å². The SMILES string of the molecule is CCOc1ccccc1-c1nc(C)c(C(=O)N(CC)CCC(C)N2CCCCCC2)s1. The molecule has 1 atom stereocenters. The van der Waals surface area contributed by atoms with Crippen LogP contribution in [0, 0.1) is 6.92 Å². The van der Waals surface area contributed by atoms with Crippen molar-refractivity contribution in [2.24, 2.45) is 0 Å². The van der Waals surface area contributed by atoms with Crippen LogP contribution >= 0.6 is 11.3 Å². The van der Waals surface area contributed by atoms with Gasteiger partial charge in [0.15, 0.2) is 0 Å². The minimum absolute atomic E-state index is 0.0979. The fourth-order valence-electron chi connectivity index (χ4n) is 4.24. The number of likely N-dealkylation sites (tertiary alicyclic amines) is 1. The van der Waals surface area contributed by atoms with Crippen LogP contribution < -0.4 is 4.74 Å². The maximum absolute atomic E-state index is 13.3. The van der Waals surface area contributed by atoms with Gasteiger partial charge >= 0.3 is 0 Å². The van der Waals surface area contributed by atoms with E-state index in [9.17, 15) is 4.79 Å². The lowest BCUT2D eigenvalue weighted by Crippen LogP contribution is -2.39. The van der Waals surface area contributed by atoms with Gasteiger partial charge in [0, 0.05) is 19.1 Å². The van der Waals surface area contributed by atoms with Crippen LogP contribution in [0.15, 0.2) is 24.3 Å². The van der Waals surface area contributed by atoms with Crippen molar-refractivity contribution in [1.82, 2.24) is 14.8 Å². The lowest BCUT2D eigenvalue weighted by atomic mass is 10.1. The van der Waals surface area contributed by atoms with Gasteiger partial charge in [-0.25, -0.2) is 4.98 Å². The maximum atomic E-state index is 13.3. The van der Waals surface area contributed by atoms with Crippen LogP contribution in [0.5, 0.6) is 5.75 Å². The quantitative estimate of drug-likeness (QED) is 0.504. The molecule has 0 N–H and O–H groups in total. The number of carbonyl (C=O) groups excluding carboxylic acids is 1. The first-order valence-electron chi connectivity index (χ1n) is 11.8. The summed E-state index contributed by atoms with van der Waals surface area (Å²) in [6.45, 7) is 12.8. The van der Waals surface area contributed by atoms with Gasteiger partial charge < -0.3 is 14.5 Å². The third-order valence-corrected chi connectivity index (χ3v) is 7.34. The third-order valence-electron chi connectivity index (χ3n) is 6.16. The normalized spacial score (nSPS) is 16.0. The highest BCUT2D eigenvalue weighted by Gasteiger charge is 2.23. The zero-order chi connectivity index (χ0) is 22.2. The minimum Gasteiger partial charge on any atom is -0.493 e. The number of rotatable bonds is 9. The first-order chi connectivity index (χ1) is 15.0. The van der Waals surface area contributed by atoms with E-state index >= 15 is 0 Å². The van der Waals surface area contributed by atoms with Crippen molar-refractivity contribution < 1.29 is 9.53 Å². The predicted molar refractivity (Wildman–Crippen MR) is 129 cm³/mol. The second kappa shape index (κ2) is 11.6. The van der Waals surface area contributed by atoms with Gasteiger partial charge in [-0.2, -0.15) is 0 Å². The molecule has 2 heterocycles. The van der Waals surface area contributed by atoms with Crippen LogP contribution in [0.25, 0.3) is 10.6 Å². The zero-order valence-corrected chi connectivity index (χ0v) is 20.3. The molecule has 1 fully saturated rings. The van der Waals surface area contributed by atoms with Crippen molar-refractivity contribution in [3.63, 3.8) is 0 Å². The van der Waals surface area contributed by atoms with Crippen LogP contribution in [-0.4, -0.2) is 59.5 Å². The summed E-state index contributed by atoms with van der Waals surface area (Å²) in [6.07, 6.45) is 6.31. The van der Waals surface area contributed by atoms with E-state index in [-0.39, 0.29) is 5.91 Å². The van der Waals surface area contributed by atoms with Crippen LogP contribution in [0.4, 0.5) is 0 Å². The van der Waals surface area contributed by atoms with Crippen LogP contribution in [0.1, 0.15) is 68.2 Å². The van der Waals surface area contributed by atoms with E-state index < -0.39 is 0 Å². The standard InChI is InChI=1S/C25H37N3O2S/c1-5-27(18-15-19(3)28-16-11-7-8-12-17-28)25(29)23-20(4)26-24(31-23)21-13-9-10-14-22(21)30-6-2/h9-10,13-14,19H,5-8,11-12,15-18H2,1-4H3. The molecular weight excluding hydrogens is 406 g/mol. The molecule has 6 heteroatoms. The molecule has 0 spiro atoms. The second-order valence-corrected chi connectivity index (χ2v) is 9.33. The number of benzene rings is 1. The molecule has 170 valence electrons. The molecule has 1 aromatic heterocycles. The average Bonchev–Trinajstić information content (AvgIpc) is 2.98. The molecule has 2 aromatic rings. The number of aromatic nitrogens is 1. The van der Waals surface area contributed by atoms with Gasteiger partial charge in [0.2, 0.25) is 0 Å². The number of aryl methyl sites for hydroxylation is 1. The Balaban J connectivity index is 1.69. The third kappa shape index (κ3) is 6.07. The minimum atomic E-state index is 0.0979. The summed E-state index contributed by atoms with van der Waals surface area (Å²) < 4.78 is 5.77. The molecule has 1 amide bonds. The van der Waals surface area contributed by atoms with Crippen molar-refractivity contribution in [3.05, 3.63) is 34.8 Å². The van der Waals surface area contributed by atoms with E-state index in [1.54, 1.807) is 0 Å². The Labute approximate surface area is 191 Å². The molecule has 1 aliphatic heterocycles. The highest BCUT2D eigenvalue weighted by atomic mass is 32.1. The van der Waals surface area contributed by atoms with E-state index in [1.807, 2.05) is 43.0 Å². The smallest absolute Gasteiger partial charge is 0.265 e. The van der Waals surface area contributed by atoms with E-state index in [2.05, 4.69) is 18.7 Å². The van der Waals surface area contributed by atoms with Gasteiger partial charge in [-0.15, -0.1) is 11.3 Å².